The summed E-state index contributed by atoms with van der Waals surface area (Å²) in [5, 5.41) is 12.4. The Morgan fingerprint density at radius 1 is 1.17 bits per heavy atom. The minimum absolute atomic E-state index is 0.283. The summed E-state index contributed by atoms with van der Waals surface area (Å²) in [6.45, 7) is 0. The lowest BCUT2D eigenvalue weighted by Crippen LogP contribution is -1.99. The van der Waals surface area contributed by atoms with Gasteiger partial charge in [-0.05, 0) is 22.9 Å². The number of fused-ring (bicyclic) bond motifs is 1. The second kappa shape index (κ2) is 4.23. The Kier molecular flexibility index (Phi) is 2.57. The van der Waals surface area contributed by atoms with E-state index in [2.05, 4.69) is 4.98 Å². The normalized spacial score (nSPS) is 10.7. The molecule has 2 aromatic heterocycles. The Hall–Kier alpha value is -2.20. The number of hydrogen-bond acceptors (Lipinski definition) is 3. The number of carbonyl (C=O) groups is 1. The van der Waals surface area contributed by atoms with Gasteiger partial charge in [-0.1, -0.05) is 18.2 Å². The smallest absolute Gasteiger partial charge is 0.336 e. The van der Waals surface area contributed by atoms with E-state index in [1.807, 2.05) is 29.6 Å². The van der Waals surface area contributed by atoms with E-state index in [-0.39, 0.29) is 5.56 Å². The van der Waals surface area contributed by atoms with Gasteiger partial charge in [-0.25, -0.2) is 4.79 Å². The largest absolute Gasteiger partial charge is 0.478 e. The number of rotatable bonds is 2. The number of thiophene rings is 1. The van der Waals surface area contributed by atoms with Gasteiger partial charge < -0.3 is 5.11 Å². The van der Waals surface area contributed by atoms with E-state index in [1.165, 1.54) is 12.3 Å². The third kappa shape index (κ3) is 1.67. The lowest BCUT2D eigenvalue weighted by atomic mass is 10.0. The van der Waals surface area contributed by atoms with Crippen molar-refractivity contribution in [3.8, 4) is 11.1 Å². The lowest BCUT2D eigenvalue weighted by molar-refractivity contribution is 0.0697. The topological polar surface area (TPSA) is 50.2 Å². The summed E-state index contributed by atoms with van der Waals surface area (Å²) in [7, 11) is 0. The van der Waals surface area contributed by atoms with E-state index >= 15 is 0 Å². The first-order valence-corrected chi connectivity index (χ1v) is 6.29. The molecule has 0 saturated heterocycles. The van der Waals surface area contributed by atoms with E-state index < -0.39 is 5.97 Å². The van der Waals surface area contributed by atoms with Gasteiger partial charge in [-0.15, -0.1) is 11.3 Å². The van der Waals surface area contributed by atoms with Gasteiger partial charge in [0.05, 0.1) is 5.56 Å². The van der Waals surface area contributed by atoms with Crippen LogP contribution in [0.1, 0.15) is 10.4 Å². The highest BCUT2D eigenvalue weighted by Crippen LogP contribution is 2.33. The number of pyridine rings is 1. The molecule has 88 valence electrons. The monoisotopic (exact) mass is 255 g/mol. The molecule has 18 heavy (non-hydrogen) atoms. The lowest BCUT2D eigenvalue weighted by Gasteiger charge is -2.06. The number of benzene rings is 1. The summed E-state index contributed by atoms with van der Waals surface area (Å²) < 4.78 is 1.09. The molecule has 3 rings (SSSR count). The average molecular weight is 255 g/mol. The van der Waals surface area contributed by atoms with Crippen LogP contribution >= 0.6 is 11.3 Å². The molecule has 0 saturated carbocycles. The first kappa shape index (κ1) is 10.9. The number of aromatic nitrogens is 1. The van der Waals surface area contributed by atoms with Gasteiger partial charge in [0.1, 0.15) is 0 Å². The predicted octanol–water partition coefficient (Wildman–Crippen LogP) is 3.66. The highest BCUT2D eigenvalue weighted by atomic mass is 32.1. The van der Waals surface area contributed by atoms with Crippen LogP contribution in [0.25, 0.3) is 21.2 Å². The third-order valence-electron chi connectivity index (χ3n) is 2.82. The van der Waals surface area contributed by atoms with Gasteiger partial charge in [0.25, 0.3) is 0 Å². The number of hydrogen-bond donors (Lipinski definition) is 1. The Bertz CT molecular complexity index is 733. The molecule has 1 N–H and O–H groups in total. The molecule has 1 aromatic carbocycles. The van der Waals surface area contributed by atoms with Gasteiger partial charge in [0.2, 0.25) is 0 Å². The van der Waals surface area contributed by atoms with E-state index in [0.29, 0.717) is 5.56 Å². The molecule has 0 aliphatic carbocycles. The molecule has 0 atom stereocenters. The first-order valence-electron chi connectivity index (χ1n) is 5.41. The molecule has 0 fully saturated rings. The minimum Gasteiger partial charge on any atom is -0.478 e. The summed E-state index contributed by atoms with van der Waals surface area (Å²) >= 11 is 1.61. The third-order valence-corrected chi connectivity index (χ3v) is 3.78. The summed E-state index contributed by atoms with van der Waals surface area (Å²) in [6.07, 6.45) is 3.11. The summed E-state index contributed by atoms with van der Waals surface area (Å²) in [6, 6.07) is 9.45. The Labute approximate surface area is 107 Å². The second-order valence-corrected chi connectivity index (χ2v) is 4.79. The number of carboxylic acid groups (broad SMARTS) is 1. The van der Waals surface area contributed by atoms with Gasteiger partial charge in [-0.2, -0.15) is 0 Å². The molecule has 0 radical (unpaired) electrons. The first-order chi connectivity index (χ1) is 8.77. The van der Waals surface area contributed by atoms with E-state index in [4.69, 9.17) is 0 Å². The summed E-state index contributed by atoms with van der Waals surface area (Å²) in [5.41, 5.74) is 1.87. The molecular weight excluding hydrogens is 246 g/mol. The maximum absolute atomic E-state index is 11.2. The van der Waals surface area contributed by atoms with Crippen LogP contribution in [0.3, 0.4) is 0 Å². The zero-order chi connectivity index (χ0) is 12.5. The quantitative estimate of drug-likeness (QED) is 0.760. The second-order valence-electron chi connectivity index (χ2n) is 3.87. The SMILES string of the molecule is O=C(O)c1ccncc1-c1cccc2ccsc12. The van der Waals surface area contributed by atoms with Crippen molar-refractivity contribution in [3.63, 3.8) is 0 Å². The molecule has 0 amide bonds. The van der Waals surface area contributed by atoms with Gasteiger partial charge >= 0.3 is 5.97 Å². The fourth-order valence-corrected chi connectivity index (χ4v) is 2.93. The van der Waals surface area contributed by atoms with Gasteiger partial charge in [-0.3, -0.25) is 4.98 Å². The van der Waals surface area contributed by atoms with Crippen molar-refractivity contribution in [2.75, 3.05) is 0 Å². The van der Waals surface area contributed by atoms with Crippen LogP contribution < -0.4 is 0 Å². The van der Waals surface area contributed by atoms with Crippen LogP contribution in [-0.2, 0) is 0 Å². The highest BCUT2D eigenvalue weighted by Gasteiger charge is 2.13. The number of aromatic carboxylic acids is 1. The fraction of sp³-hybridized carbons (Fsp3) is 0. The van der Waals surface area contributed by atoms with Crippen molar-refractivity contribution < 1.29 is 9.90 Å². The van der Waals surface area contributed by atoms with E-state index in [0.717, 1.165) is 15.6 Å². The van der Waals surface area contributed by atoms with Crippen LogP contribution in [0, 0.1) is 0 Å². The van der Waals surface area contributed by atoms with Gasteiger partial charge in [0.15, 0.2) is 0 Å². The Morgan fingerprint density at radius 2 is 2.06 bits per heavy atom. The van der Waals surface area contributed by atoms with Crippen LogP contribution in [0.4, 0.5) is 0 Å². The number of carboxylic acids is 1. The molecule has 3 aromatic rings. The molecule has 0 spiro atoms. The van der Waals surface area contributed by atoms with Crippen molar-refractivity contribution in [3.05, 3.63) is 53.7 Å². The van der Waals surface area contributed by atoms with Crippen LogP contribution in [-0.4, -0.2) is 16.1 Å². The highest BCUT2D eigenvalue weighted by molar-refractivity contribution is 7.17. The molecule has 0 bridgehead atoms. The minimum atomic E-state index is -0.930. The molecule has 3 nitrogen and oxygen atoms in total. The van der Waals surface area contributed by atoms with Crippen LogP contribution in [0.2, 0.25) is 0 Å². The van der Waals surface area contributed by atoms with E-state index in [9.17, 15) is 9.90 Å². The maximum atomic E-state index is 11.2. The summed E-state index contributed by atoms with van der Waals surface area (Å²) in [5.74, 6) is -0.930. The van der Waals surface area contributed by atoms with Crippen molar-refractivity contribution in [2.24, 2.45) is 0 Å². The number of nitrogens with zero attached hydrogens (tertiary/aromatic N) is 1. The molecule has 0 unspecified atom stereocenters. The van der Waals surface area contributed by atoms with Crippen molar-refractivity contribution in [2.45, 2.75) is 0 Å². The van der Waals surface area contributed by atoms with Gasteiger partial charge in [0, 0.05) is 28.2 Å². The zero-order valence-corrected chi connectivity index (χ0v) is 10.1. The average Bonchev–Trinajstić information content (AvgIpc) is 2.86. The maximum Gasteiger partial charge on any atom is 0.336 e. The fourth-order valence-electron chi connectivity index (χ4n) is 2.00. The van der Waals surface area contributed by atoms with Crippen molar-refractivity contribution in [1.29, 1.82) is 0 Å². The van der Waals surface area contributed by atoms with Crippen molar-refractivity contribution >= 4 is 27.4 Å². The van der Waals surface area contributed by atoms with Crippen LogP contribution in [0.15, 0.2) is 48.1 Å². The molecule has 0 aliphatic rings. The Balaban J connectivity index is 2.33. The van der Waals surface area contributed by atoms with E-state index in [1.54, 1.807) is 17.5 Å². The Morgan fingerprint density at radius 3 is 2.89 bits per heavy atom. The summed E-state index contributed by atoms with van der Waals surface area (Å²) in [4.78, 5) is 15.3. The zero-order valence-electron chi connectivity index (χ0n) is 9.33. The molecule has 0 aliphatic heterocycles. The standard InChI is InChI=1S/C14H9NO2S/c16-14(17)11-4-6-15-8-12(11)10-3-1-2-9-5-7-18-13(9)10/h1-8H,(H,16,17). The molecular formula is C14H9NO2S. The molecule has 2 heterocycles. The predicted molar refractivity (Wildman–Crippen MR) is 72.0 cm³/mol. The van der Waals surface area contributed by atoms with Crippen molar-refractivity contribution in [1.82, 2.24) is 4.98 Å². The van der Waals surface area contributed by atoms with Crippen LogP contribution in [0.5, 0.6) is 0 Å². The molecule has 4 heteroatoms.